The molecule has 8 nitrogen and oxygen atoms in total. The molecule has 1 unspecified atom stereocenters. The molecule has 1 aliphatic rings. The Kier molecular flexibility index (Phi) is 5.74. The van der Waals surface area contributed by atoms with Crippen molar-refractivity contribution >= 4 is 17.7 Å². The van der Waals surface area contributed by atoms with Crippen molar-refractivity contribution < 1.29 is 24.6 Å². The Morgan fingerprint density at radius 1 is 1.12 bits per heavy atom. The van der Waals surface area contributed by atoms with E-state index in [2.05, 4.69) is 10.6 Å². The van der Waals surface area contributed by atoms with Crippen LogP contribution in [0.15, 0.2) is 18.2 Å². The summed E-state index contributed by atoms with van der Waals surface area (Å²) in [5.41, 5.74) is -0.191. The van der Waals surface area contributed by atoms with Crippen molar-refractivity contribution in [1.82, 2.24) is 15.5 Å². The van der Waals surface area contributed by atoms with Crippen molar-refractivity contribution in [3.8, 4) is 11.5 Å². The van der Waals surface area contributed by atoms with Crippen molar-refractivity contribution in [3.63, 3.8) is 0 Å². The van der Waals surface area contributed by atoms with Crippen molar-refractivity contribution in [2.45, 2.75) is 32.7 Å². The fourth-order valence-corrected chi connectivity index (χ4v) is 2.87. The summed E-state index contributed by atoms with van der Waals surface area (Å²) < 4.78 is 0. The molecular formula is C18H25N3O5. The molecule has 1 heterocycles. The average Bonchev–Trinajstić information content (AvgIpc) is 2.92. The number of hydrogen-bond acceptors (Lipinski definition) is 5. The zero-order valence-electron chi connectivity index (χ0n) is 15.2. The van der Waals surface area contributed by atoms with E-state index < -0.39 is 5.91 Å². The van der Waals surface area contributed by atoms with Crippen LogP contribution >= 0.6 is 0 Å². The number of aromatic hydroxyl groups is 2. The zero-order chi connectivity index (χ0) is 19.5. The maximum Gasteiger partial charge on any atom is 0.251 e. The molecule has 26 heavy (non-hydrogen) atoms. The molecule has 3 amide bonds. The van der Waals surface area contributed by atoms with Crippen LogP contribution in [0.4, 0.5) is 0 Å². The van der Waals surface area contributed by atoms with Gasteiger partial charge >= 0.3 is 0 Å². The smallest absolute Gasteiger partial charge is 0.251 e. The number of nitrogens with zero attached hydrogens (tertiary/aromatic N) is 1. The van der Waals surface area contributed by atoms with Gasteiger partial charge in [-0.1, -0.05) is 0 Å². The van der Waals surface area contributed by atoms with Gasteiger partial charge < -0.3 is 25.7 Å². The van der Waals surface area contributed by atoms with E-state index in [0.717, 1.165) is 6.07 Å². The first-order valence-electron chi connectivity index (χ1n) is 8.47. The molecule has 1 saturated heterocycles. The van der Waals surface area contributed by atoms with Crippen LogP contribution in [0.5, 0.6) is 11.5 Å². The predicted octanol–water partition coefficient (Wildman–Crippen LogP) is 0.591. The van der Waals surface area contributed by atoms with Crippen LogP contribution in [-0.4, -0.2) is 58.0 Å². The van der Waals surface area contributed by atoms with E-state index in [1.807, 2.05) is 20.8 Å². The second-order valence-corrected chi connectivity index (χ2v) is 7.36. The highest BCUT2D eigenvalue weighted by molar-refractivity contribution is 5.95. The monoisotopic (exact) mass is 363 g/mol. The summed E-state index contributed by atoms with van der Waals surface area (Å²) in [6.07, 6.45) is 0.192. The van der Waals surface area contributed by atoms with Crippen molar-refractivity contribution in [3.05, 3.63) is 23.8 Å². The number of carbonyl (C=O) groups excluding carboxylic acids is 3. The van der Waals surface area contributed by atoms with Crippen LogP contribution in [0.3, 0.4) is 0 Å². The quantitative estimate of drug-likeness (QED) is 0.571. The summed E-state index contributed by atoms with van der Waals surface area (Å²) in [5.74, 6) is -1.53. The minimum absolute atomic E-state index is 0.0327. The first kappa shape index (κ1) is 19.6. The van der Waals surface area contributed by atoms with Crippen molar-refractivity contribution in [2.75, 3.05) is 19.6 Å². The van der Waals surface area contributed by atoms with Crippen LogP contribution in [0.25, 0.3) is 0 Å². The van der Waals surface area contributed by atoms with Gasteiger partial charge in [0.2, 0.25) is 11.8 Å². The van der Waals surface area contributed by atoms with Crippen LogP contribution < -0.4 is 10.6 Å². The number of likely N-dealkylation sites (tertiary alicyclic amines) is 1. The van der Waals surface area contributed by atoms with Gasteiger partial charge in [0.05, 0.1) is 5.92 Å². The molecule has 0 saturated carbocycles. The van der Waals surface area contributed by atoms with Crippen LogP contribution in [0.2, 0.25) is 0 Å². The molecule has 0 radical (unpaired) electrons. The van der Waals surface area contributed by atoms with E-state index in [1.54, 1.807) is 4.90 Å². The molecular weight excluding hydrogens is 338 g/mol. The molecule has 1 aromatic carbocycles. The van der Waals surface area contributed by atoms with E-state index in [1.165, 1.54) is 12.1 Å². The van der Waals surface area contributed by atoms with E-state index >= 15 is 0 Å². The summed E-state index contributed by atoms with van der Waals surface area (Å²) in [5, 5.41) is 24.1. The van der Waals surface area contributed by atoms with Crippen molar-refractivity contribution in [2.24, 2.45) is 5.92 Å². The number of hydrogen-bond donors (Lipinski definition) is 4. The Morgan fingerprint density at radius 2 is 1.69 bits per heavy atom. The number of rotatable bonds is 5. The maximum atomic E-state index is 12.2. The van der Waals surface area contributed by atoms with Gasteiger partial charge in [-0.3, -0.25) is 14.4 Å². The van der Waals surface area contributed by atoms with Gasteiger partial charge in [0.1, 0.15) is 11.5 Å². The Hall–Kier alpha value is -2.77. The number of phenolic OH excluding ortho intramolecular Hbond substituents is 2. The molecule has 1 atom stereocenters. The van der Waals surface area contributed by atoms with Crippen LogP contribution in [0, 0.1) is 5.92 Å². The molecule has 1 fully saturated rings. The Labute approximate surface area is 152 Å². The third kappa shape index (κ3) is 4.87. The first-order chi connectivity index (χ1) is 12.1. The minimum atomic E-state index is -0.472. The number of carbonyl (C=O) groups is 3. The third-order valence-electron chi connectivity index (χ3n) is 4.18. The van der Waals surface area contributed by atoms with E-state index in [-0.39, 0.29) is 59.8 Å². The topological polar surface area (TPSA) is 119 Å². The van der Waals surface area contributed by atoms with Gasteiger partial charge in [0, 0.05) is 43.2 Å². The third-order valence-corrected chi connectivity index (χ3v) is 4.18. The van der Waals surface area contributed by atoms with Gasteiger partial charge in [0.25, 0.3) is 5.91 Å². The molecule has 1 aromatic rings. The predicted molar refractivity (Wildman–Crippen MR) is 94.7 cm³/mol. The van der Waals surface area contributed by atoms with E-state index in [9.17, 15) is 24.6 Å². The summed E-state index contributed by atoms with van der Waals surface area (Å²) in [7, 11) is 0. The lowest BCUT2D eigenvalue weighted by molar-refractivity contribution is -0.132. The Bertz CT molecular complexity index is 691. The van der Waals surface area contributed by atoms with Crippen LogP contribution in [-0.2, 0) is 9.59 Å². The molecule has 142 valence electrons. The number of nitrogens with one attached hydrogen (secondary N) is 2. The fourth-order valence-electron chi connectivity index (χ4n) is 2.87. The van der Waals surface area contributed by atoms with Gasteiger partial charge in [0.15, 0.2) is 0 Å². The molecule has 4 N–H and O–H groups in total. The molecule has 0 aromatic heterocycles. The number of amides is 3. The number of benzene rings is 1. The molecule has 8 heteroatoms. The van der Waals surface area contributed by atoms with Gasteiger partial charge in [-0.15, -0.1) is 0 Å². The normalized spacial score (nSPS) is 17.3. The number of phenols is 2. The molecule has 2 rings (SSSR count). The summed E-state index contributed by atoms with van der Waals surface area (Å²) in [6, 6.07) is 3.60. The van der Waals surface area contributed by atoms with E-state index in [0.29, 0.717) is 6.54 Å². The van der Waals surface area contributed by atoms with Crippen LogP contribution in [0.1, 0.15) is 37.6 Å². The standard InChI is InChI=1S/C18H25N3O5/c1-18(2,3)21-10-12(8-15(21)24)17(26)20-5-4-19-16(25)11-6-13(22)9-14(23)7-11/h6-7,9,12,22-23H,4-5,8,10H2,1-3H3,(H,19,25)(H,20,26). The maximum absolute atomic E-state index is 12.2. The molecule has 0 bridgehead atoms. The highest BCUT2D eigenvalue weighted by atomic mass is 16.3. The molecule has 1 aliphatic heterocycles. The first-order valence-corrected chi connectivity index (χ1v) is 8.47. The Morgan fingerprint density at radius 3 is 2.23 bits per heavy atom. The largest absolute Gasteiger partial charge is 0.508 e. The molecule has 0 aliphatic carbocycles. The highest BCUT2D eigenvalue weighted by Gasteiger charge is 2.39. The van der Waals surface area contributed by atoms with Gasteiger partial charge in [-0.2, -0.15) is 0 Å². The highest BCUT2D eigenvalue weighted by Crippen LogP contribution is 2.25. The SMILES string of the molecule is CC(C)(C)N1CC(C(=O)NCCNC(=O)c2cc(O)cc(O)c2)CC1=O. The second kappa shape index (κ2) is 7.63. The Balaban J connectivity index is 1.77. The molecule has 0 spiro atoms. The van der Waals surface area contributed by atoms with E-state index in [4.69, 9.17) is 0 Å². The minimum Gasteiger partial charge on any atom is -0.508 e. The summed E-state index contributed by atoms with van der Waals surface area (Å²) in [6.45, 7) is 6.59. The van der Waals surface area contributed by atoms with Gasteiger partial charge in [-0.25, -0.2) is 0 Å². The summed E-state index contributed by atoms with van der Waals surface area (Å²) in [4.78, 5) is 37.9. The van der Waals surface area contributed by atoms with Gasteiger partial charge in [-0.05, 0) is 32.9 Å². The zero-order valence-corrected chi connectivity index (χ0v) is 15.2. The summed E-state index contributed by atoms with van der Waals surface area (Å²) >= 11 is 0. The lowest BCUT2D eigenvalue weighted by atomic mass is 10.1. The lowest BCUT2D eigenvalue weighted by Crippen LogP contribution is -2.43. The fraction of sp³-hybridized carbons (Fsp3) is 0.500. The lowest BCUT2D eigenvalue weighted by Gasteiger charge is -2.31. The second-order valence-electron chi connectivity index (χ2n) is 7.36. The van der Waals surface area contributed by atoms with Crippen molar-refractivity contribution in [1.29, 1.82) is 0 Å². The average molecular weight is 363 g/mol.